The van der Waals surface area contributed by atoms with Crippen LogP contribution in [0.1, 0.15) is 23.6 Å². The lowest BCUT2D eigenvalue weighted by Crippen LogP contribution is -2.12. The third-order valence-electron chi connectivity index (χ3n) is 3.16. The normalized spacial score (nSPS) is 10.8. The first-order valence-corrected chi connectivity index (χ1v) is 8.04. The topological polar surface area (TPSA) is 12.0 Å². The van der Waals surface area contributed by atoms with E-state index in [0.29, 0.717) is 0 Å². The van der Waals surface area contributed by atoms with E-state index in [4.69, 9.17) is 11.6 Å². The Hall–Kier alpha value is -0.960. The molecule has 2 rings (SSSR count). The van der Waals surface area contributed by atoms with Gasteiger partial charge in [-0.05, 0) is 43.7 Å². The molecule has 1 nitrogen and oxygen atoms in total. The van der Waals surface area contributed by atoms with Gasteiger partial charge in [0, 0.05) is 16.3 Å². The van der Waals surface area contributed by atoms with Crippen molar-refractivity contribution in [1.29, 1.82) is 0 Å². The van der Waals surface area contributed by atoms with Crippen molar-refractivity contribution in [3.8, 4) is 0 Å². The lowest BCUT2D eigenvalue weighted by atomic mass is 10.2. The Balaban J connectivity index is 2.32. The molecular weight excluding hydrogens is 286 g/mol. The molecule has 3 heteroatoms. The van der Waals surface area contributed by atoms with Gasteiger partial charge in [0.05, 0.1) is 5.02 Å². The van der Waals surface area contributed by atoms with Crippen molar-refractivity contribution < 1.29 is 0 Å². The summed E-state index contributed by atoms with van der Waals surface area (Å²) in [5.41, 5.74) is 3.84. The average molecular weight is 306 g/mol. The maximum absolute atomic E-state index is 6.39. The second-order valence-corrected chi connectivity index (χ2v) is 6.34. The van der Waals surface area contributed by atoms with Crippen LogP contribution in [0.15, 0.2) is 46.2 Å². The van der Waals surface area contributed by atoms with Crippen molar-refractivity contribution in [2.24, 2.45) is 0 Å². The van der Waals surface area contributed by atoms with Crippen molar-refractivity contribution in [1.82, 2.24) is 5.32 Å². The Morgan fingerprint density at radius 1 is 1.15 bits per heavy atom. The number of aryl methyl sites for hydroxylation is 2. The number of halogens is 1. The van der Waals surface area contributed by atoms with Crippen LogP contribution in [-0.4, -0.2) is 6.54 Å². The minimum absolute atomic E-state index is 0.824. The zero-order valence-electron chi connectivity index (χ0n) is 12.2. The third kappa shape index (κ3) is 3.78. The van der Waals surface area contributed by atoms with E-state index >= 15 is 0 Å². The Bertz CT molecular complexity index is 596. The predicted molar refractivity (Wildman–Crippen MR) is 88.9 cm³/mol. The van der Waals surface area contributed by atoms with E-state index in [1.54, 1.807) is 11.8 Å². The molecule has 0 heterocycles. The van der Waals surface area contributed by atoms with Gasteiger partial charge in [-0.25, -0.2) is 0 Å². The summed E-state index contributed by atoms with van der Waals surface area (Å²) in [6.07, 6.45) is 0. The molecule has 0 saturated heterocycles. The highest BCUT2D eigenvalue weighted by Crippen LogP contribution is 2.37. The van der Waals surface area contributed by atoms with Crippen LogP contribution in [0.4, 0.5) is 0 Å². The molecule has 0 unspecified atom stereocenters. The highest BCUT2D eigenvalue weighted by Gasteiger charge is 2.10. The Labute approximate surface area is 130 Å². The highest BCUT2D eigenvalue weighted by molar-refractivity contribution is 7.99. The van der Waals surface area contributed by atoms with E-state index < -0.39 is 0 Å². The van der Waals surface area contributed by atoms with Crippen LogP contribution in [0.2, 0.25) is 5.02 Å². The Morgan fingerprint density at radius 3 is 2.65 bits per heavy atom. The largest absolute Gasteiger partial charge is 0.313 e. The zero-order chi connectivity index (χ0) is 14.5. The van der Waals surface area contributed by atoms with Crippen LogP contribution in [0, 0.1) is 13.8 Å². The second kappa shape index (κ2) is 7.16. The molecule has 0 atom stereocenters. The van der Waals surface area contributed by atoms with Gasteiger partial charge < -0.3 is 5.32 Å². The van der Waals surface area contributed by atoms with E-state index in [2.05, 4.69) is 50.4 Å². The number of nitrogens with one attached hydrogen (secondary N) is 1. The third-order valence-corrected chi connectivity index (χ3v) is 4.95. The number of hydrogen-bond acceptors (Lipinski definition) is 2. The Morgan fingerprint density at radius 2 is 1.95 bits per heavy atom. The van der Waals surface area contributed by atoms with E-state index in [0.717, 1.165) is 23.0 Å². The van der Waals surface area contributed by atoms with Gasteiger partial charge >= 0.3 is 0 Å². The Kier molecular flexibility index (Phi) is 5.53. The highest BCUT2D eigenvalue weighted by atomic mass is 35.5. The van der Waals surface area contributed by atoms with Gasteiger partial charge in [0.15, 0.2) is 0 Å². The van der Waals surface area contributed by atoms with E-state index in [1.165, 1.54) is 21.6 Å². The molecule has 0 aliphatic rings. The monoisotopic (exact) mass is 305 g/mol. The molecule has 2 aromatic rings. The van der Waals surface area contributed by atoms with Gasteiger partial charge in [-0.2, -0.15) is 0 Å². The minimum Gasteiger partial charge on any atom is -0.313 e. The average Bonchev–Trinajstić information content (AvgIpc) is 2.42. The number of benzene rings is 2. The number of hydrogen-bond donors (Lipinski definition) is 1. The fraction of sp³-hybridized carbons (Fsp3) is 0.294. The lowest BCUT2D eigenvalue weighted by molar-refractivity contribution is 0.718. The minimum atomic E-state index is 0.824. The lowest BCUT2D eigenvalue weighted by Gasteiger charge is -2.13. The molecule has 0 amide bonds. The van der Waals surface area contributed by atoms with Crippen molar-refractivity contribution >= 4 is 23.4 Å². The van der Waals surface area contributed by atoms with E-state index in [1.807, 2.05) is 12.1 Å². The summed E-state index contributed by atoms with van der Waals surface area (Å²) in [6, 6.07) is 12.7. The number of rotatable bonds is 5. The van der Waals surface area contributed by atoms with Crippen LogP contribution >= 0.6 is 23.4 Å². The van der Waals surface area contributed by atoms with E-state index in [-0.39, 0.29) is 0 Å². The quantitative estimate of drug-likeness (QED) is 0.813. The standard InChI is InChI=1S/C17H20ClNS/c1-4-19-11-14-6-5-7-15(18)17(14)20-16-9-8-12(2)10-13(16)3/h5-10,19H,4,11H2,1-3H3. The molecule has 2 aromatic carbocycles. The van der Waals surface area contributed by atoms with Crippen molar-refractivity contribution in [2.45, 2.75) is 37.1 Å². The fourth-order valence-electron chi connectivity index (χ4n) is 2.09. The van der Waals surface area contributed by atoms with Gasteiger partial charge in [-0.15, -0.1) is 0 Å². The summed E-state index contributed by atoms with van der Waals surface area (Å²) in [5.74, 6) is 0. The van der Waals surface area contributed by atoms with Crippen LogP contribution in [0.25, 0.3) is 0 Å². The first-order chi connectivity index (χ1) is 9.61. The molecule has 0 saturated carbocycles. The first kappa shape index (κ1) is 15.4. The second-order valence-electron chi connectivity index (χ2n) is 4.88. The van der Waals surface area contributed by atoms with Gasteiger partial charge in [0.25, 0.3) is 0 Å². The van der Waals surface area contributed by atoms with Gasteiger partial charge in [-0.3, -0.25) is 0 Å². The molecule has 0 spiro atoms. The maximum Gasteiger partial charge on any atom is 0.0548 e. The van der Waals surface area contributed by atoms with Crippen LogP contribution in [0.3, 0.4) is 0 Å². The van der Waals surface area contributed by atoms with Crippen LogP contribution in [0.5, 0.6) is 0 Å². The predicted octanol–water partition coefficient (Wildman–Crippen LogP) is 5.22. The molecule has 0 aromatic heterocycles. The SMILES string of the molecule is CCNCc1cccc(Cl)c1Sc1ccc(C)cc1C. The van der Waals surface area contributed by atoms with Gasteiger partial charge in [-0.1, -0.05) is 60.1 Å². The molecule has 20 heavy (non-hydrogen) atoms. The smallest absolute Gasteiger partial charge is 0.0548 e. The summed E-state index contributed by atoms with van der Waals surface area (Å²) in [5, 5.41) is 4.19. The first-order valence-electron chi connectivity index (χ1n) is 6.85. The molecule has 0 fully saturated rings. The van der Waals surface area contributed by atoms with Crippen molar-refractivity contribution in [3.63, 3.8) is 0 Å². The maximum atomic E-state index is 6.39. The summed E-state index contributed by atoms with van der Waals surface area (Å²) in [7, 11) is 0. The summed E-state index contributed by atoms with van der Waals surface area (Å²) >= 11 is 8.15. The zero-order valence-corrected chi connectivity index (χ0v) is 13.7. The van der Waals surface area contributed by atoms with Crippen molar-refractivity contribution in [2.75, 3.05) is 6.54 Å². The van der Waals surface area contributed by atoms with Crippen LogP contribution in [-0.2, 0) is 6.54 Å². The molecule has 1 N–H and O–H groups in total. The molecular formula is C17H20ClNS. The molecule has 0 aliphatic carbocycles. The van der Waals surface area contributed by atoms with E-state index in [9.17, 15) is 0 Å². The molecule has 106 valence electrons. The van der Waals surface area contributed by atoms with Crippen molar-refractivity contribution in [3.05, 3.63) is 58.1 Å². The molecule has 0 radical (unpaired) electrons. The summed E-state index contributed by atoms with van der Waals surface area (Å²) in [4.78, 5) is 2.42. The van der Waals surface area contributed by atoms with Crippen LogP contribution < -0.4 is 5.32 Å². The fourth-order valence-corrected chi connectivity index (χ4v) is 3.41. The summed E-state index contributed by atoms with van der Waals surface area (Å²) in [6.45, 7) is 8.19. The van der Waals surface area contributed by atoms with Gasteiger partial charge in [0.2, 0.25) is 0 Å². The molecule has 0 aliphatic heterocycles. The molecule has 0 bridgehead atoms. The van der Waals surface area contributed by atoms with Gasteiger partial charge in [0.1, 0.15) is 0 Å². The summed E-state index contributed by atoms with van der Waals surface area (Å²) < 4.78 is 0.